The zero-order valence-electron chi connectivity index (χ0n) is 18.4. The molecule has 6 aromatic rings. The Balaban J connectivity index is 1.45. The van der Waals surface area contributed by atoms with Gasteiger partial charge in [0.05, 0.1) is 5.56 Å². The number of fused-ring (bicyclic) bond motifs is 2. The third-order valence-electron chi connectivity index (χ3n) is 6.17. The van der Waals surface area contributed by atoms with Gasteiger partial charge < -0.3 is 4.42 Å². The number of alkyl halides is 3. The molecule has 0 atom stereocenters. The van der Waals surface area contributed by atoms with Gasteiger partial charge >= 0.3 is 6.18 Å². The molecule has 0 aliphatic heterocycles. The molecular formula is C30H18F3NO. The maximum Gasteiger partial charge on any atom is 0.416 e. The smallest absolute Gasteiger partial charge is 0.416 e. The summed E-state index contributed by atoms with van der Waals surface area (Å²) in [6.07, 6.45) is -4.35. The molecule has 0 amide bonds. The maximum absolute atomic E-state index is 13.0. The highest BCUT2D eigenvalue weighted by Gasteiger charge is 2.30. The number of nitrogens with zero attached hydrogens (tertiary/aromatic N) is 1. The maximum atomic E-state index is 13.0. The number of hydrogen-bond acceptors (Lipinski definition) is 2. The van der Waals surface area contributed by atoms with E-state index < -0.39 is 11.7 Å². The van der Waals surface area contributed by atoms with E-state index in [0.29, 0.717) is 5.89 Å². The molecule has 0 saturated carbocycles. The molecule has 1 heterocycles. The van der Waals surface area contributed by atoms with E-state index in [1.165, 1.54) is 12.1 Å². The van der Waals surface area contributed by atoms with Gasteiger partial charge in [-0.3, -0.25) is 0 Å². The number of rotatable bonds is 3. The number of oxazole rings is 1. The number of aromatic nitrogens is 1. The lowest BCUT2D eigenvalue weighted by molar-refractivity contribution is -0.137. The molecule has 5 heteroatoms. The molecule has 0 saturated heterocycles. The fraction of sp³-hybridized carbons (Fsp3) is 0.0333. The van der Waals surface area contributed by atoms with Crippen LogP contribution in [0.15, 0.2) is 114 Å². The lowest BCUT2D eigenvalue weighted by Crippen LogP contribution is -2.03. The average Bonchev–Trinajstić information content (AvgIpc) is 3.32. The Labute approximate surface area is 199 Å². The molecule has 0 aliphatic carbocycles. The summed E-state index contributed by atoms with van der Waals surface area (Å²) in [6.45, 7) is 0. The van der Waals surface area contributed by atoms with Gasteiger partial charge in [0.15, 0.2) is 5.58 Å². The van der Waals surface area contributed by atoms with E-state index in [1.54, 1.807) is 0 Å². The van der Waals surface area contributed by atoms with E-state index in [4.69, 9.17) is 4.42 Å². The summed E-state index contributed by atoms with van der Waals surface area (Å²) in [7, 11) is 0. The Kier molecular flexibility index (Phi) is 4.92. The van der Waals surface area contributed by atoms with Crippen molar-refractivity contribution in [2.45, 2.75) is 6.18 Å². The van der Waals surface area contributed by atoms with E-state index in [1.807, 2.05) is 78.9 Å². The minimum absolute atomic E-state index is 0.562. The molecule has 170 valence electrons. The fourth-order valence-electron chi connectivity index (χ4n) is 4.44. The zero-order valence-corrected chi connectivity index (χ0v) is 18.4. The lowest BCUT2D eigenvalue weighted by Gasteiger charge is -2.12. The predicted molar refractivity (Wildman–Crippen MR) is 133 cm³/mol. The summed E-state index contributed by atoms with van der Waals surface area (Å²) in [5.74, 6) is 0.562. The molecule has 0 aliphatic rings. The SMILES string of the molecule is FC(F)(F)c1ccc(-c2cccc(-c3ccc(-c4nc5ccccc5o4)c4ccccc34)c2)cc1. The average molecular weight is 465 g/mol. The monoisotopic (exact) mass is 465 g/mol. The number of halogens is 3. The molecule has 2 nitrogen and oxygen atoms in total. The third kappa shape index (κ3) is 3.85. The van der Waals surface area contributed by atoms with Gasteiger partial charge in [0.25, 0.3) is 0 Å². The summed E-state index contributed by atoms with van der Waals surface area (Å²) < 4.78 is 44.9. The van der Waals surface area contributed by atoms with Crippen molar-refractivity contribution in [1.82, 2.24) is 4.98 Å². The largest absolute Gasteiger partial charge is 0.436 e. The van der Waals surface area contributed by atoms with Gasteiger partial charge in [0.1, 0.15) is 5.52 Å². The van der Waals surface area contributed by atoms with Crippen LogP contribution < -0.4 is 0 Å². The Morgan fingerprint density at radius 2 is 1.23 bits per heavy atom. The standard InChI is InChI=1S/C30H18F3NO/c31-30(32,33)22-14-12-19(13-15-22)20-6-5-7-21(18-20)23-16-17-26(25-9-2-1-8-24(23)25)29-34-27-10-3-4-11-28(27)35-29/h1-18H. The van der Waals surface area contributed by atoms with Crippen molar-refractivity contribution in [3.63, 3.8) is 0 Å². The first-order chi connectivity index (χ1) is 17.0. The topological polar surface area (TPSA) is 26.0 Å². The first kappa shape index (κ1) is 21.2. The van der Waals surface area contributed by atoms with Crippen LogP contribution in [0.25, 0.3) is 55.6 Å². The quantitative estimate of drug-likeness (QED) is 0.261. The van der Waals surface area contributed by atoms with Crippen LogP contribution >= 0.6 is 0 Å². The minimum atomic E-state index is -4.35. The Hall–Kier alpha value is -4.38. The van der Waals surface area contributed by atoms with Crippen LogP contribution in [0.2, 0.25) is 0 Å². The molecule has 0 N–H and O–H groups in total. The minimum Gasteiger partial charge on any atom is -0.436 e. The molecular weight excluding hydrogens is 447 g/mol. The van der Waals surface area contributed by atoms with Crippen LogP contribution in [0.1, 0.15) is 5.56 Å². The van der Waals surface area contributed by atoms with Crippen molar-refractivity contribution >= 4 is 21.9 Å². The zero-order chi connectivity index (χ0) is 24.0. The first-order valence-corrected chi connectivity index (χ1v) is 11.1. The fourth-order valence-corrected chi connectivity index (χ4v) is 4.44. The number of benzene rings is 5. The van der Waals surface area contributed by atoms with Gasteiger partial charge in [-0.25, -0.2) is 4.98 Å². The van der Waals surface area contributed by atoms with Gasteiger partial charge in [-0.15, -0.1) is 0 Å². The van der Waals surface area contributed by atoms with Crippen molar-refractivity contribution in [2.75, 3.05) is 0 Å². The van der Waals surface area contributed by atoms with Gasteiger partial charge in [0.2, 0.25) is 5.89 Å². The van der Waals surface area contributed by atoms with Gasteiger partial charge in [0, 0.05) is 5.56 Å². The normalized spacial score (nSPS) is 11.9. The molecule has 0 fully saturated rings. The summed E-state index contributed by atoms with van der Waals surface area (Å²) >= 11 is 0. The molecule has 6 rings (SSSR count). The summed E-state index contributed by atoms with van der Waals surface area (Å²) in [4.78, 5) is 4.67. The molecule has 0 radical (unpaired) electrons. The highest BCUT2D eigenvalue weighted by Crippen LogP contribution is 2.38. The van der Waals surface area contributed by atoms with Crippen molar-refractivity contribution in [1.29, 1.82) is 0 Å². The molecule has 0 spiro atoms. The third-order valence-corrected chi connectivity index (χ3v) is 6.17. The molecule has 1 aromatic heterocycles. The van der Waals surface area contributed by atoms with Crippen LogP contribution in [0, 0.1) is 0 Å². The number of para-hydroxylation sites is 2. The second-order valence-electron chi connectivity index (χ2n) is 8.35. The molecule has 0 bridgehead atoms. The molecule has 35 heavy (non-hydrogen) atoms. The van der Waals surface area contributed by atoms with Crippen molar-refractivity contribution in [2.24, 2.45) is 0 Å². The van der Waals surface area contributed by atoms with Crippen LogP contribution in [0.4, 0.5) is 13.2 Å². The van der Waals surface area contributed by atoms with Crippen molar-refractivity contribution in [3.8, 4) is 33.7 Å². The Morgan fingerprint density at radius 3 is 1.97 bits per heavy atom. The van der Waals surface area contributed by atoms with E-state index in [-0.39, 0.29) is 0 Å². The van der Waals surface area contributed by atoms with Crippen LogP contribution in [0.5, 0.6) is 0 Å². The van der Waals surface area contributed by atoms with E-state index in [0.717, 1.165) is 61.8 Å². The van der Waals surface area contributed by atoms with Gasteiger partial charge in [-0.2, -0.15) is 13.2 Å². The summed E-state index contributed by atoms with van der Waals surface area (Å²) in [6, 6.07) is 32.9. The van der Waals surface area contributed by atoms with Crippen LogP contribution in [-0.2, 0) is 6.18 Å². The van der Waals surface area contributed by atoms with E-state index >= 15 is 0 Å². The predicted octanol–water partition coefficient (Wildman–Crippen LogP) is 9.00. The first-order valence-electron chi connectivity index (χ1n) is 11.1. The van der Waals surface area contributed by atoms with Gasteiger partial charge in [-0.05, 0) is 69.4 Å². The summed E-state index contributed by atoms with van der Waals surface area (Å²) in [5, 5.41) is 2.05. The highest BCUT2D eigenvalue weighted by molar-refractivity contribution is 6.04. The van der Waals surface area contributed by atoms with Crippen molar-refractivity contribution in [3.05, 3.63) is 115 Å². The summed E-state index contributed by atoms with van der Waals surface area (Å²) in [5.41, 5.74) is 5.37. The highest BCUT2D eigenvalue weighted by atomic mass is 19.4. The van der Waals surface area contributed by atoms with Gasteiger partial charge in [-0.1, -0.05) is 72.8 Å². The van der Waals surface area contributed by atoms with Crippen LogP contribution in [-0.4, -0.2) is 4.98 Å². The Morgan fingerprint density at radius 1 is 0.571 bits per heavy atom. The van der Waals surface area contributed by atoms with Crippen LogP contribution in [0.3, 0.4) is 0 Å². The molecule has 0 unspecified atom stereocenters. The second-order valence-corrected chi connectivity index (χ2v) is 8.35. The lowest BCUT2D eigenvalue weighted by atomic mass is 9.93. The Bertz CT molecular complexity index is 1650. The van der Waals surface area contributed by atoms with Crippen molar-refractivity contribution < 1.29 is 17.6 Å². The number of hydrogen-bond donors (Lipinski definition) is 0. The van der Waals surface area contributed by atoms with E-state index in [2.05, 4.69) is 11.1 Å². The second kappa shape index (κ2) is 8.13. The molecule has 5 aromatic carbocycles. The van der Waals surface area contributed by atoms with E-state index in [9.17, 15) is 13.2 Å².